The van der Waals surface area contributed by atoms with Crippen LogP contribution in [0.4, 0.5) is 0 Å². The summed E-state index contributed by atoms with van der Waals surface area (Å²) in [6.07, 6.45) is 4.98. The summed E-state index contributed by atoms with van der Waals surface area (Å²) in [6, 6.07) is 26.2. The van der Waals surface area contributed by atoms with Crippen molar-refractivity contribution in [3.8, 4) is 0 Å². The van der Waals surface area contributed by atoms with Crippen molar-refractivity contribution in [3.05, 3.63) is 84.2 Å². The van der Waals surface area contributed by atoms with Crippen LogP contribution in [0.25, 0.3) is 21.8 Å². The van der Waals surface area contributed by atoms with Crippen LogP contribution in [0.3, 0.4) is 0 Å². The Bertz CT molecular complexity index is 1050. The van der Waals surface area contributed by atoms with Crippen LogP contribution in [0.1, 0.15) is 37.1 Å². The number of nitrogens with one attached hydrogen (secondary N) is 2. The maximum absolute atomic E-state index is 4.81. The molecule has 1 aliphatic rings. The van der Waals surface area contributed by atoms with Gasteiger partial charge in [0.2, 0.25) is 0 Å². The van der Waals surface area contributed by atoms with E-state index in [0.717, 1.165) is 35.5 Å². The average Bonchev–Trinajstić information content (AvgIpc) is 2.81. The maximum Gasteiger partial charge on any atom is 0.0705 e. The summed E-state index contributed by atoms with van der Waals surface area (Å²) >= 11 is 0. The Labute approximate surface area is 177 Å². The Kier molecular flexibility index (Phi) is 5.69. The Morgan fingerprint density at radius 2 is 1.07 bits per heavy atom. The van der Waals surface area contributed by atoms with Crippen molar-refractivity contribution in [2.24, 2.45) is 0 Å². The van der Waals surface area contributed by atoms with E-state index in [1.54, 1.807) is 0 Å². The number of hydrogen-bond donors (Lipinski definition) is 2. The monoisotopic (exact) mass is 396 g/mol. The highest BCUT2D eigenvalue weighted by Gasteiger charge is 2.24. The molecule has 30 heavy (non-hydrogen) atoms. The molecule has 4 aromatic rings. The third-order valence-electron chi connectivity index (χ3n) is 6.17. The zero-order valence-corrected chi connectivity index (χ0v) is 17.2. The summed E-state index contributed by atoms with van der Waals surface area (Å²) in [6.45, 7) is 1.61. The molecule has 4 nitrogen and oxygen atoms in total. The van der Waals surface area contributed by atoms with Crippen LogP contribution in [0.15, 0.2) is 72.8 Å². The standard InChI is InChI=1S/C26H28N4/c1-3-9-23-19(7-1)13-15-21(29-23)17-27-25-11-5-6-12-26(25)28-18-22-16-14-20-8-2-4-10-24(20)30-22/h1-4,7-10,13-16,25-28H,5-6,11-12,17-18H2/t25-,26-/m1/s1. The quantitative estimate of drug-likeness (QED) is 0.483. The molecular formula is C26H28N4. The number of nitrogens with zero attached hydrogens (tertiary/aromatic N) is 2. The van der Waals surface area contributed by atoms with Gasteiger partial charge in [-0.15, -0.1) is 0 Å². The van der Waals surface area contributed by atoms with Crippen LogP contribution in [0, 0.1) is 0 Å². The fourth-order valence-electron chi connectivity index (χ4n) is 4.50. The summed E-state index contributed by atoms with van der Waals surface area (Å²) in [5.41, 5.74) is 4.35. The minimum Gasteiger partial charge on any atom is -0.307 e. The van der Waals surface area contributed by atoms with E-state index < -0.39 is 0 Å². The lowest BCUT2D eigenvalue weighted by Gasteiger charge is -2.33. The number of hydrogen-bond acceptors (Lipinski definition) is 4. The summed E-state index contributed by atoms with van der Waals surface area (Å²) in [5, 5.41) is 9.94. The number of rotatable bonds is 6. The first-order chi connectivity index (χ1) is 14.8. The van der Waals surface area contributed by atoms with Crippen LogP contribution in [0.2, 0.25) is 0 Å². The molecule has 2 atom stereocenters. The topological polar surface area (TPSA) is 49.8 Å². The molecule has 0 aliphatic heterocycles. The molecule has 5 rings (SSSR count). The largest absolute Gasteiger partial charge is 0.307 e. The maximum atomic E-state index is 4.81. The van der Waals surface area contributed by atoms with Gasteiger partial charge in [-0.25, -0.2) is 0 Å². The van der Waals surface area contributed by atoms with Crippen molar-refractivity contribution in [1.29, 1.82) is 0 Å². The molecule has 2 aromatic carbocycles. The van der Waals surface area contributed by atoms with Gasteiger partial charge in [0, 0.05) is 35.9 Å². The first-order valence-corrected chi connectivity index (χ1v) is 11.0. The van der Waals surface area contributed by atoms with Gasteiger partial charge in [0.1, 0.15) is 0 Å². The molecule has 0 spiro atoms. The summed E-state index contributed by atoms with van der Waals surface area (Å²) in [7, 11) is 0. The van der Waals surface area contributed by atoms with Crippen LogP contribution in [-0.4, -0.2) is 22.1 Å². The smallest absolute Gasteiger partial charge is 0.0705 e. The number of benzene rings is 2. The number of pyridine rings is 2. The lowest BCUT2D eigenvalue weighted by molar-refractivity contribution is 0.280. The molecule has 2 heterocycles. The molecule has 2 N–H and O–H groups in total. The lowest BCUT2D eigenvalue weighted by Crippen LogP contribution is -2.49. The highest BCUT2D eigenvalue weighted by Crippen LogP contribution is 2.20. The minimum atomic E-state index is 0.465. The van der Waals surface area contributed by atoms with E-state index in [1.807, 2.05) is 0 Å². The zero-order valence-electron chi connectivity index (χ0n) is 17.2. The zero-order chi connectivity index (χ0) is 20.2. The van der Waals surface area contributed by atoms with Gasteiger partial charge in [0.05, 0.1) is 22.4 Å². The van der Waals surface area contributed by atoms with E-state index >= 15 is 0 Å². The van der Waals surface area contributed by atoms with E-state index in [0.29, 0.717) is 12.1 Å². The van der Waals surface area contributed by atoms with Crippen LogP contribution < -0.4 is 10.6 Å². The average molecular weight is 397 g/mol. The molecule has 4 heteroatoms. The predicted molar refractivity (Wildman–Crippen MR) is 123 cm³/mol. The first-order valence-electron chi connectivity index (χ1n) is 11.0. The Hall–Kier alpha value is -2.82. The fraction of sp³-hybridized carbons (Fsp3) is 0.308. The van der Waals surface area contributed by atoms with Crippen LogP contribution >= 0.6 is 0 Å². The van der Waals surface area contributed by atoms with Crippen LogP contribution in [0.5, 0.6) is 0 Å². The van der Waals surface area contributed by atoms with E-state index in [-0.39, 0.29) is 0 Å². The van der Waals surface area contributed by atoms with Gasteiger partial charge >= 0.3 is 0 Å². The SMILES string of the molecule is c1ccc2nc(CN[C@@H]3CCCC[C@H]3NCc3ccc4ccccc4n3)ccc2c1. The molecule has 0 radical (unpaired) electrons. The van der Waals surface area contributed by atoms with E-state index in [9.17, 15) is 0 Å². The summed E-state index contributed by atoms with van der Waals surface area (Å²) < 4.78 is 0. The van der Waals surface area contributed by atoms with E-state index in [4.69, 9.17) is 9.97 Å². The van der Waals surface area contributed by atoms with Gasteiger partial charge in [0.25, 0.3) is 0 Å². The molecule has 152 valence electrons. The summed E-state index contributed by atoms with van der Waals surface area (Å²) in [5.74, 6) is 0. The molecule has 1 aliphatic carbocycles. The molecular weight excluding hydrogens is 368 g/mol. The second kappa shape index (κ2) is 8.90. The van der Waals surface area contributed by atoms with Gasteiger partial charge in [-0.1, -0.05) is 61.4 Å². The highest BCUT2D eigenvalue weighted by molar-refractivity contribution is 5.79. The predicted octanol–water partition coefficient (Wildman–Crippen LogP) is 4.97. The molecule has 0 unspecified atom stereocenters. The van der Waals surface area contributed by atoms with Gasteiger partial charge in [0.15, 0.2) is 0 Å². The van der Waals surface area contributed by atoms with E-state index in [1.165, 1.54) is 36.5 Å². The van der Waals surface area contributed by atoms with Gasteiger partial charge < -0.3 is 10.6 Å². The Morgan fingerprint density at radius 1 is 0.600 bits per heavy atom. The highest BCUT2D eigenvalue weighted by atomic mass is 15.0. The number of fused-ring (bicyclic) bond motifs is 2. The second-order valence-corrected chi connectivity index (χ2v) is 8.25. The minimum absolute atomic E-state index is 0.465. The second-order valence-electron chi connectivity index (χ2n) is 8.25. The van der Waals surface area contributed by atoms with Crippen molar-refractivity contribution < 1.29 is 0 Å². The van der Waals surface area contributed by atoms with Crippen molar-refractivity contribution >= 4 is 21.8 Å². The first kappa shape index (κ1) is 19.2. The van der Waals surface area contributed by atoms with Crippen molar-refractivity contribution in [1.82, 2.24) is 20.6 Å². The van der Waals surface area contributed by atoms with Crippen LogP contribution in [-0.2, 0) is 13.1 Å². The van der Waals surface area contributed by atoms with Crippen molar-refractivity contribution in [2.75, 3.05) is 0 Å². The Balaban J connectivity index is 1.22. The van der Waals surface area contributed by atoms with Crippen molar-refractivity contribution in [2.45, 2.75) is 50.9 Å². The molecule has 0 bridgehead atoms. The van der Waals surface area contributed by atoms with Gasteiger partial charge in [-0.05, 0) is 37.1 Å². The van der Waals surface area contributed by atoms with Gasteiger partial charge in [-0.3, -0.25) is 9.97 Å². The molecule has 0 amide bonds. The third-order valence-corrected chi connectivity index (χ3v) is 6.17. The molecule has 1 saturated carbocycles. The fourth-order valence-corrected chi connectivity index (χ4v) is 4.50. The lowest BCUT2D eigenvalue weighted by atomic mass is 9.90. The Morgan fingerprint density at radius 3 is 1.57 bits per heavy atom. The number of aromatic nitrogens is 2. The molecule has 2 aromatic heterocycles. The number of para-hydroxylation sites is 2. The third kappa shape index (κ3) is 4.35. The van der Waals surface area contributed by atoms with Crippen molar-refractivity contribution in [3.63, 3.8) is 0 Å². The summed E-state index contributed by atoms with van der Waals surface area (Å²) in [4.78, 5) is 9.63. The molecule has 1 fully saturated rings. The van der Waals surface area contributed by atoms with E-state index in [2.05, 4.69) is 83.4 Å². The molecule has 0 saturated heterocycles. The normalized spacial score (nSPS) is 19.3. The van der Waals surface area contributed by atoms with Gasteiger partial charge in [-0.2, -0.15) is 0 Å².